The molecule has 14 heteroatoms. The van der Waals surface area contributed by atoms with Gasteiger partial charge in [0.05, 0.1) is 18.0 Å². The van der Waals surface area contributed by atoms with Gasteiger partial charge in [0.1, 0.15) is 23.9 Å². The number of nitrogens with one attached hydrogen (secondary N) is 3. The fourth-order valence-electron chi connectivity index (χ4n) is 4.73. The van der Waals surface area contributed by atoms with Gasteiger partial charge < -0.3 is 26.8 Å². The third-order valence-corrected chi connectivity index (χ3v) is 7.22. The van der Waals surface area contributed by atoms with E-state index in [1.54, 1.807) is 37.3 Å². The van der Waals surface area contributed by atoms with Gasteiger partial charge in [-0.3, -0.25) is 19.2 Å². The molecule has 2 heterocycles. The Kier molecular flexibility index (Phi) is 11.2. The van der Waals surface area contributed by atoms with E-state index in [0.29, 0.717) is 12.1 Å². The van der Waals surface area contributed by atoms with Crippen molar-refractivity contribution in [3.8, 4) is 0 Å². The molecule has 2 aromatic heterocycles. The van der Waals surface area contributed by atoms with Gasteiger partial charge in [0, 0.05) is 11.9 Å². The highest BCUT2D eigenvalue weighted by molar-refractivity contribution is 5.99. The third-order valence-electron chi connectivity index (χ3n) is 7.22. The van der Waals surface area contributed by atoms with Crippen LogP contribution in [0.25, 0.3) is 10.9 Å². The van der Waals surface area contributed by atoms with Crippen LogP contribution in [0, 0.1) is 0 Å². The number of carbonyl (C=O) groups excluding carboxylic acids is 4. The minimum Gasteiger partial charge on any atom is -0.383 e. The fraction of sp³-hybridized carbons (Fsp3) is 0.355. The molecule has 0 saturated heterocycles. The second kappa shape index (κ2) is 15.5. The summed E-state index contributed by atoms with van der Waals surface area (Å²) >= 11 is 0. The Hall–Kier alpha value is -5.24. The molecule has 0 bridgehead atoms. The van der Waals surface area contributed by atoms with Crippen LogP contribution in [0.1, 0.15) is 67.1 Å². The molecule has 2 aromatic carbocycles. The number of carbonyl (C=O) groups is 4. The molecule has 0 aliphatic heterocycles. The summed E-state index contributed by atoms with van der Waals surface area (Å²) in [6.45, 7) is 4.08. The van der Waals surface area contributed by atoms with Gasteiger partial charge in [-0.05, 0) is 47.9 Å². The maximum Gasteiger partial charge on any atom is 0.270 e. The van der Waals surface area contributed by atoms with Crippen LogP contribution in [0.3, 0.4) is 0 Å². The Labute approximate surface area is 259 Å². The van der Waals surface area contributed by atoms with Crippen molar-refractivity contribution in [3.05, 3.63) is 83.8 Å². The van der Waals surface area contributed by atoms with Crippen molar-refractivity contribution in [2.24, 2.45) is 5.73 Å². The number of aliphatic hydroxyl groups excluding tert-OH is 1. The maximum atomic E-state index is 13.6. The van der Waals surface area contributed by atoms with E-state index in [-0.39, 0.29) is 23.8 Å². The number of nitrogens with two attached hydrogens (primary N) is 1. The Morgan fingerprint density at radius 2 is 1.69 bits per heavy atom. The van der Waals surface area contributed by atoms with Crippen molar-refractivity contribution in [3.63, 3.8) is 0 Å². The zero-order valence-electron chi connectivity index (χ0n) is 25.1. The first-order valence-corrected chi connectivity index (χ1v) is 14.7. The minimum atomic E-state index is -1.48. The Balaban J connectivity index is 1.57. The Bertz CT molecular complexity index is 1630. The molecule has 4 atom stereocenters. The normalized spacial score (nSPS) is 13.8. The lowest BCUT2D eigenvalue weighted by Crippen LogP contribution is -2.53. The van der Waals surface area contributed by atoms with Crippen LogP contribution in [0.5, 0.6) is 0 Å². The summed E-state index contributed by atoms with van der Waals surface area (Å²) in [5.41, 5.74) is 6.82. The number of fused-ring (bicyclic) bond motifs is 1. The van der Waals surface area contributed by atoms with Crippen LogP contribution in [-0.4, -0.2) is 72.6 Å². The molecule has 0 aliphatic rings. The molecule has 0 saturated carbocycles. The summed E-state index contributed by atoms with van der Waals surface area (Å²) < 4.78 is 1.20. The number of rotatable bonds is 15. The van der Waals surface area contributed by atoms with Gasteiger partial charge in [-0.15, -0.1) is 5.10 Å². The van der Waals surface area contributed by atoms with Crippen molar-refractivity contribution in [1.82, 2.24) is 41.1 Å². The molecule has 0 aliphatic carbocycles. The number of tetrazole rings is 1. The molecule has 4 aromatic rings. The number of nitrogens with zero attached hydrogens (tertiary/aromatic N) is 5. The zero-order chi connectivity index (χ0) is 32.3. The third kappa shape index (κ3) is 8.66. The monoisotopic (exact) mass is 615 g/mol. The first kappa shape index (κ1) is 32.7. The van der Waals surface area contributed by atoms with E-state index in [1.165, 1.54) is 10.7 Å². The second-order valence-electron chi connectivity index (χ2n) is 10.6. The molecule has 6 N–H and O–H groups in total. The van der Waals surface area contributed by atoms with Gasteiger partial charge in [0.25, 0.3) is 5.91 Å². The van der Waals surface area contributed by atoms with Crippen molar-refractivity contribution in [2.75, 3.05) is 6.54 Å². The zero-order valence-corrected chi connectivity index (χ0v) is 25.1. The number of aromatic nitrogens is 5. The molecular weight excluding hydrogens is 578 g/mol. The highest BCUT2D eigenvalue weighted by atomic mass is 16.3. The summed E-state index contributed by atoms with van der Waals surface area (Å²) in [5, 5.41) is 32.0. The van der Waals surface area contributed by atoms with E-state index >= 15 is 0 Å². The number of amides is 4. The molecule has 4 rings (SSSR count). The van der Waals surface area contributed by atoms with E-state index in [1.807, 2.05) is 37.3 Å². The molecular formula is C31H37N9O5. The first-order chi connectivity index (χ1) is 21.7. The van der Waals surface area contributed by atoms with E-state index in [0.717, 1.165) is 23.8 Å². The van der Waals surface area contributed by atoms with Crippen LogP contribution in [0.2, 0.25) is 0 Å². The van der Waals surface area contributed by atoms with Crippen LogP contribution < -0.4 is 21.7 Å². The number of primary amides is 1. The highest BCUT2D eigenvalue weighted by Crippen LogP contribution is 2.21. The van der Waals surface area contributed by atoms with Gasteiger partial charge >= 0.3 is 0 Å². The van der Waals surface area contributed by atoms with Gasteiger partial charge in [0.2, 0.25) is 17.7 Å². The lowest BCUT2D eigenvalue weighted by Gasteiger charge is -2.27. The summed E-state index contributed by atoms with van der Waals surface area (Å²) in [5.74, 6) is -2.67. The topological polar surface area (TPSA) is 207 Å². The molecule has 0 spiro atoms. The van der Waals surface area contributed by atoms with Gasteiger partial charge in [-0.2, -0.15) is 0 Å². The number of benzene rings is 2. The van der Waals surface area contributed by atoms with Crippen molar-refractivity contribution < 1.29 is 24.3 Å². The number of hydrogen-bond acceptors (Lipinski definition) is 9. The van der Waals surface area contributed by atoms with Crippen LogP contribution in [-0.2, 0) is 20.8 Å². The average Bonchev–Trinajstić information content (AvgIpc) is 3.53. The Morgan fingerprint density at radius 1 is 0.956 bits per heavy atom. The van der Waals surface area contributed by atoms with E-state index in [9.17, 15) is 24.3 Å². The number of para-hydroxylation sites is 1. The second-order valence-corrected chi connectivity index (χ2v) is 10.6. The SMILES string of the molecule is CCCCNC(=O)[C@H](C)n1nnnc1[C@H](O)[C@H](Cc1ccccc1)NC(=O)[C@H](CC(N)=O)NC(=O)c1ccc2ccccc2n1. The molecule has 236 valence electrons. The lowest BCUT2D eigenvalue weighted by atomic mass is 9.99. The predicted molar refractivity (Wildman–Crippen MR) is 164 cm³/mol. The first-order valence-electron chi connectivity index (χ1n) is 14.7. The number of pyridine rings is 1. The van der Waals surface area contributed by atoms with Crippen LogP contribution in [0.4, 0.5) is 0 Å². The molecule has 0 radical (unpaired) electrons. The molecule has 14 nitrogen and oxygen atoms in total. The van der Waals surface area contributed by atoms with Crippen molar-refractivity contribution in [1.29, 1.82) is 0 Å². The van der Waals surface area contributed by atoms with Crippen molar-refractivity contribution >= 4 is 34.5 Å². The predicted octanol–water partition coefficient (Wildman–Crippen LogP) is 1.13. The molecule has 0 unspecified atom stereocenters. The Morgan fingerprint density at radius 3 is 2.42 bits per heavy atom. The summed E-state index contributed by atoms with van der Waals surface area (Å²) in [6, 6.07) is 16.3. The number of unbranched alkanes of at least 4 members (excludes halogenated alkanes) is 1. The quantitative estimate of drug-likeness (QED) is 0.121. The van der Waals surface area contributed by atoms with Gasteiger partial charge in [-0.1, -0.05) is 67.9 Å². The largest absolute Gasteiger partial charge is 0.383 e. The number of aliphatic hydroxyl groups is 1. The van der Waals surface area contributed by atoms with Crippen molar-refractivity contribution in [2.45, 2.75) is 63.8 Å². The lowest BCUT2D eigenvalue weighted by molar-refractivity contribution is -0.128. The average molecular weight is 616 g/mol. The summed E-state index contributed by atoms with van der Waals surface area (Å²) in [6.07, 6.45) is -0.163. The highest BCUT2D eigenvalue weighted by Gasteiger charge is 2.33. The molecule has 4 amide bonds. The summed E-state index contributed by atoms with van der Waals surface area (Å²) in [7, 11) is 0. The smallest absolute Gasteiger partial charge is 0.270 e. The van der Waals surface area contributed by atoms with Gasteiger partial charge in [0.15, 0.2) is 5.82 Å². The van der Waals surface area contributed by atoms with Crippen LogP contribution in [0.15, 0.2) is 66.7 Å². The molecule has 0 fully saturated rings. The summed E-state index contributed by atoms with van der Waals surface area (Å²) in [4.78, 5) is 55.8. The maximum absolute atomic E-state index is 13.6. The van der Waals surface area contributed by atoms with E-state index in [2.05, 4.69) is 36.5 Å². The molecule has 45 heavy (non-hydrogen) atoms. The van der Waals surface area contributed by atoms with Gasteiger partial charge in [-0.25, -0.2) is 9.67 Å². The standard InChI is InChI=1S/C31H37N9O5/c1-3-4-16-33-29(43)19(2)40-28(37-38-39-40)27(42)24(17-20-10-6-5-7-11-20)35-31(45)25(18-26(32)41)36-30(44)23-15-14-21-12-8-9-13-22(21)34-23/h5-15,19,24-25,27,42H,3-4,16-18H2,1-2H3,(H2,32,41)(H,33,43)(H,35,45)(H,36,44)/t19-,24-,25-,27+/m0/s1. The van der Waals surface area contributed by atoms with E-state index < -0.39 is 48.4 Å². The van der Waals surface area contributed by atoms with Crippen LogP contribution >= 0.6 is 0 Å². The fourth-order valence-corrected chi connectivity index (χ4v) is 4.73. The van der Waals surface area contributed by atoms with E-state index in [4.69, 9.17) is 5.73 Å². The minimum absolute atomic E-state index is 0.0437. The number of hydrogen-bond donors (Lipinski definition) is 5.